The minimum atomic E-state index is -4.56. The number of alkyl halides is 3. The zero-order valence-corrected chi connectivity index (χ0v) is 11.9. The maximum Gasteiger partial charge on any atom is 0.433 e. The minimum absolute atomic E-state index is 0.0869. The van der Waals surface area contributed by atoms with Crippen molar-refractivity contribution < 1.29 is 27.4 Å². The smallest absolute Gasteiger partial charge is 0.433 e. The van der Waals surface area contributed by atoms with Crippen molar-refractivity contribution in [3.63, 3.8) is 0 Å². The number of rotatable bonds is 9. The van der Waals surface area contributed by atoms with Gasteiger partial charge in [-0.15, -0.1) is 0 Å². The lowest BCUT2D eigenvalue weighted by Gasteiger charge is -2.11. The molecule has 21 heavy (non-hydrogen) atoms. The molecule has 0 aliphatic rings. The number of ether oxygens (including phenoxy) is 3. The number of nitrogens with one attached hydrogen (secondary N) is 1. The van der Waals surface area contributed by atoms with Gasteiger partial charge in [-0.1, -0.05) is 0 Å². The first-order chi connectivity index (χ1) is 9.97. The lowest BCUT2D eigenvalue weighted by Crippen LogP contribution is -2.15. The van der Waals surface area contributed by atoms with E-state index in [0.29, 0.717) is 19.8 Å². The monoisotopic (exact) mass is 309 g/mol. The summed E-state index contributed by atoms with van der Waals surface area (Å²) in [5.74, 6) is -0.272. The van der Waals surface area contributed by atoms with Crippen molar-refractivity contribution >= 4 is 5.95 Å². The van der Waals surface area contributed by atoms with E-state index in [1.54, 1.807) is 14.0 Å². The third-order valence-electron chi connectivity index (χ3n) is 2.24. The standard InChI is InChI=1S/C12H18F3N3O3/c1-3-16-11-17-9(12(13,14)15)8-10(18-11)21-7-6-20-5-4-19-2/h8H,3-7H2,1-2H3,(H,16,17,18). The van der Waals surface area contributed by atoms with Gasteiger partial charge in [0.1, 0.15) is 6.61 Å². The van der Waals surface area contributed by atoms with Crippen LogP contribution >= 0.6 is 0 Å². The van der Waals surface area contributed by atoms with Crippen LogP contribution in [0.4, 0.5) is 19.1 Å². The van der Waals surface area contributed by atoms with Gasteiger partial charge in [-0.3, -0.25) is 0 Å². The second-order valence-corrected chi connectivity index (χ2v) is 3.90. The second kappa shape index (κ2) is 8.63. The minimum Gasteiger partial charge on any atom is -0.475 e. The predicted octanol–water partition coefficient (Wildman–Crippen LogP) is 1.97. The van der Waals surface area contributed by atoms with Gasteiger partial charge in [0.25, 0.3) is 0 Å². The summed E-state index contributed by atoms with van der Waals surface area (Å²) < 4.78 is 53.2. The van der Waals surface area contributed by atoms with Crippen LogP contribution < -0.4 is 10.1 Å². The van der Waals surface area contributed by atoms with Crippen LogP contribution in [0.1, 0.15) is 12.6 Å². The Bertz CT molecular complexity index is 430. The third-order valence-corrected chi connectivity index (χ3v) is 2.24. The van der Waals surface area contributed by atoms with Crippen molar-refractivity contribution in [1.82, 2.24) is 9.97 Å². The highest BCUT2D eigenvalue weighted by atomic mass is 19.4. The van der Waals surface area contributed by atoms with Crippen LogP contribution in [0.2, 0.25) is 0 Å². The Morgan fingerprint density at radius 1 is 1.14 bits per heavy atom. The van der Waals surface area contributed by atoms with E-state index in [4.69, 9.17) is 14.2 Å². The fourth-order valence-electron chi connectivity index (χ4n) is 1.33. The van der Waals surface area contributed by atoms with Crippen LogP contribution in [0.3, 0.4) is 0 Å². The molecule has 1 heterocycles. The predicted molar refractivity (Wildman–Crippen MR) is 69.4 cm³/mol. The maximum atomic E-state index is 12.7. The molecule has 0 fully saturated rings. The van der Waals surface area contributed by atoms with E-state index in [-0.39, 0.29) is 25.0 Å². The van der Waals surface area contributed by atoms with Gasteiger partial charge in [-0.05, 0) is 6.92 Å². The van der Waals surface area contributed by atoms with Gasteiger partial charge >= 0.3 is 6.18 Å². The molecule has 0 aliphatic heterocycles. The van der Waals surface area contributed by atoms with Crippen molar-refractivity contribution in [2.24, 2.45) is 0 Å². The molecule has 0 aliphatic carbocycles. The van der Waals surface area contributed by atoms with Gasteiger partial charge in [0.05, 0.1) is 19.8 Å². The molecule has 120 valence electrons. The first-order valence-corrected chi connectivity index (χ1v) is 6.37. The molecule has 0 radical (unpaired) electrons. The highest BCUT2D eigenvalue weighted by Crippen LogP contribution is 2.30. The number of anilines is 1. The Balaban J connectivity index is 2.61. The Kier molecular flexibility index (Phi) is 7.17. The molecule has 1 aromatic rings. The van der Waals surface area contributed by atoms with Crippen LogP contribution in [0.15, 0.2) is 6.07 Å². The SMILES string of the molecule is CCNc1nc(OCCOCCOC)cc(C(F)(F)F)n1. The number of methoxy groups -OCH3 is 1. The fraction of sp³-hybridized carbons (Fsp3) is 0.667. The van der Waals surface area contributed by atoms with Gasteiger partial charge < -0.3 is 19.5 Å². The van der Waals surface area contributed by atoms with Crippen molar-refractivity contribution in [1.29, 1.82) is 0 Å². The fourth-order valence-corrected chi connectivity index (χ4v) is 1.33. The Morgan fingerprint density at radius 3 is 2.48 bits per heavy atom. The van der Waals surface area contributed by atoms with Gasteiger partial charge in [0, 0.05) is 19.7 Å². The summed E-state index contributed by atoms with van der Waals surface area (Å²) in [4.78, 5) is 7.23. The molecule has 0 atom stereocenters. The number of aromatic nitrogens is 2. The topological polar surface area (TPSA) is 65.5 Å². The molecule has 0 saturated carbocycles. The van der Waals surface area contributed by atoms with Crippen LogP contribution in [0, 0.1) is 0 Å². The van der Waals surface area contributed by atoms with Crippen LogP contribution in [-0.2, 0) is 15.7 Å². The molecule has 0 unspecified atom stereocenters. The molecular weight excluding hydrogens is 291 g/mol. The third kappa shape index (κ3) is 6.58. The summed E-state index contributed by atoms with van der Waals surface area (Å²) in [5.41, 5.74) is -1.05. The molecule has 1 rings (SSSR count). The largest absolute Gasteiger partial charge is 0.475 e. The summed E-state index contributed by atoms with van der Waals surface area (Å²) in [6.45, 7) is 3.28. The molecule has 6 nitrogen and oxygen atoms in total. The van der Waals surface area contributed by atoms with Gasteiger partial charge in [0.15, 0.2) is 5.69 Å². The maximum absolute atomic E-state index is 12.7. The molecule has 0 aromatic carbocycles. The second-order valence-electron chi connectivity index (χ2n) is 3.90. The average molecular weight is 309 g/mol. The van der Waals surface area contributed by atoms with E-state index in [0.717, 1.165) is 6.07 Å². The number of nitrogens with zero attached hydrogens (tertiary/aromatic N) is 2. The zero-order valence-electron chi connectivity index (χ0n) is 11.9. The van der Waals surface area contributed by atoms with Gasteiger partial charge in [-0.2, -0.15) is 18.2 Å². The number of hydrogen-bond donors (Lipinski definition) is 1. The average Bonchev–Trinajstić information content (AvgIpc) is 2.42. The van der Waals surface area contributed by atoms with Gasteiger partial charge in [-0.25, -0.2) is 4.98 Å². The Morgan fingerprint density at radius 2 is 1.86 bits per heavy atom. The van der Waals surface area contributed by atoms with Gasteiger partial charge in [0.2, 0.25) is 11.8 Å². The first kappa shape index (κ1) is 17.4. The van der Waals surface area contributed by atoms with Crippen molar-refractivity contribution in [2.45, 2.75) is 13.1 Å². The van der Waals surface area contributed by atoms with E-state index >= 15 is 0 Å². The zero-order chi connectivity index (χ0) is 15.7. The molecule has 1 N–H and O–H groups in total. The lowest BCUT2D eigenvalue weighted by molar-refractivity contribution is -0.141. The van der Waals surface area contributed by atoms with Crippen molar-refractivity contribution in [3.05, 3.63) is 11.8 Å². The summed E-state index contributed by atoms with van der Waals surface area (Å²) in [7, 11) is 1.54. The Hall–Kier alpha value is -1.61. The van der Waals surface area contributed by atoms with E-state index in [2.05, 4.69) is 15.3 Å². The Labute approximate surface area is 120 Å². The van der Waals surface area contributed by atoms with E-state index in [9.17, 15) is 13.2 Å². The molecule has 0 amide bonds. The van der Waals surface area contributed by atoms with Crippen LogP contribution in [0.25, 0.3) is 0 Å². The highest BCUT2D eigenvalue weighted by Gasteiger charge is 2.34. The van der Waals surface area contributed by atoms with Crippen molar-refractivity contribution in [2.75, 3.05) is 45.4 Å². The summed E-state index contributed by atoms with van der Waals surface area (Å²) >= 11 is 0. The molecule has 9 heteroatoms. The lowest BCUT2D eigenvalue weighted by atomic mass is 10.4. The molecule has 0 saturated heterocycles. The molecule has 0 bridgehead atoms. The molecular formula is C12H18F3N3O3. The summed E-state index contributed by atoms with van der Waals surface area (Å²) in [6, 6.07) is 0.760. The van der Waals surface area contributed by atoms with E-state index in [1.165, 1.54) is 0 Å². The van der Waals surface area contributed by atoms with E-state index < -0.39 is 11.9 Å². The van der Waals surface area contributed by atoms with Crippen molar-refractivity contribution in [3.8, 4) is 5.88 Å². The molecule has 0 spiro atoms. The number of hydrogen-bond acceptors (Lipinski definition) is 6. The number of halogens is 3. The summed E-state index contributed by atoms with van der Waals surface area (Å²) in [6.07, 6.45) is -4.56. The quantitative estimate of drug-likeness (QED) is 0.704. The van der Waals surface area contributed by atoms with E-state index in [1.807, 2.05) is 0 Å². The highest BCUT2D eigenvalue weighted by molar-refractivity contribution is 5.31. The first-order valence-electron chi connectivity index (χ1n) is 6.37. The molecule has 1 aromatic heterocycles. The normalized spacial score (nSPS) is 11.5. The van der Waals surface area contributed by atoms with Crippen LogP contribution in [0.5, 0.6) is 5.88 Å². The summed E-state index contributed by atoms with van der Waals surface area (Å²) in [5, 5.41) is 2.63. The van der Waals surface area contributed by atoms with Crippen LogP contribution in [-0.4, -0.2) is 50.1 Å².